The molecule has 0 spiro atoms. The lowest BCUT2D eigenvalue weighted by atomic mass is 10.6. The molecule has 7 nitrogen and oxygen atoms in total. The van der Waals surface area contributed by atoms with Crippen molar-refractivity contribution in [2.75, 3.05) is 0 Å². The first-order chi connectivity index (χ1) is 7.86. The zero-order valence-corrected chi connectivity index (χ0v) is 10.3. The second-order valence-corrected chi connectivity index (χ2v) is 4.39. The van der Waals surface area contributed by atoms with Gasteiger partial charge in [0.2, 0.25) is 0 Å². The average Bonchev–Trinajstić information content (AvgIpc) is 2.27. The smallest absolute Gasteiger partial charge is 0.302 e. The van der Waals surface area contributed by atoms with Crippen LogP contribution in [0.5, 0.6) is 0 Å². The molecule has 98 valence electrons. The molecule has 3 unspecified atom stereocenters. The van der Waals surface area contributed by atoms with Gasteiger partial charge in [-0.15, -0.1) is 0 Å². The molecule has 0 heterocycles. The molecule has 0 aromatic rings. The highest BCUT2D eigenvalue weighted by Gasteiger charge is 2.32. The zero-order valence-electron chi connectivity index (χ0n) is 9.40. The third-order valence-corrected chi connectivity index (χ3v) is 2.95. The van der Waals surface area contributed by atoms with Crippen LogP contribution in [0.4, 0.5) is 0 Å². The summed E-state index contributed by atoms with van der Waals surface area (Å²) in [6.45, 7) is 10.1. The quantitative estimate of drug-likeness (QED) is 0.315. The predicted molar refractivity (Wildman–Crippen MR) is 65.4 cm³/mol. The van der Waals surface area contributed by atoms with Gasteiger partial charge in [0.25, 0.3) is 0 Å². The van der Waals surface area contributed by atoms with Crippen LogP contribution in [0.3, 0.4) is 0 Å². The summed E-state index contributed by atoms with van der Waals surface area (Å²) in [6, 6.07) is 0. The normalized spacial score (nSPS) is 19.7. The van der Waals surface area contributed by atoms with Gasteiger partial charge in [-0.25, -0.2) is 4.57 Å². The van der Waals surface area contributed by atoms with Gasteiger partial charge in [0.1, 0.15) is 18.7 Å². The van der Waals surface area contributed by atoms with Crippen molar-refractivity contribution in [1.82, 2.24) is 0 Å². The first-order valence-electron chi connectivity index (χ1n) is 4.66. The van der Waals surface area contributed by atoms with Crippen molar-refractivity contribution in [3.63, 3.8) is 0 Å². The van der Waals surface area contributed by atoms with Gasteiger partial charge in [-0.1, -0.05) is 19.7 Å². The highest BCUT2D eigenvalue weighted by atomic mass is 31.2. The Morgan fingerprint density at radius 1 is 0.824 bits per heavy atom. The fourth-order valence-corrected chi connectivity index (χ4v) is 1.95. The molecule has 6 N–H and O–H groups in total. The monoisotopic (exact) mass is 263 g/mol. The van der Waals surface area contributed by atoms with Crippen LogP contribution >= 0.6 is 7.82 Å². The Labute approximate surface area is 100 Å². The number of hydrogen-bond acceptors (Lipinski definition) is 7. The van der Waals surface area contributed by atoms with E-state index in [0.717, 1.165) is 0 Å². The van der Waals surface area contributed by atoms with Gasteiger partial charge in [0, 0.05) is 0 Å². The first-order valence-corrected chi connectivity index (χ1v) is 6.12. The summed E-state index contributed by atoms with van der Waals surface area (Å²) < 4.78 is 26.6. The summed E-state index contributed by atoms with van der Waals surface area (Å²) in [4.78, 5) is 0. The second kappa shape index (κ2) is 7.52. The SMILES string of the molecule is C=CC(N)OP(=O)(OC(N)C=C)OC(N)C=C. The molecule has 0 aliphatic carbocycles. The average molecular weight is 263 g/mol. The minimum absolute atomic E-state index is 1.05. The number of nitrogens with two attached hydrogens (primary N) is 3. The van der Waals surface area contributed by atoms with Crippen molar-refractivity contribution < 1.29 is 18.1 Å². The molecule has 3 atom stereocenters. The molecule has 0 radical (unpaired) electrons. The van der Waals surface area contributed by atoms with Crippen molar-refractivity contribution >= 4 is 7.82 Å². The summed E-state index contributed by atoms with van der Waals surface area (Å²) >= 11 is 0. The van der Waals surface area contributed by atoms with Crippen molar-refractivity contribution in [1.29, 1.82) is 0 Å². The van der Waals surface area contributed by atoms with E-state index in [2.05, 4.69) is 19.7 Å². The Kier molecular flexibility index (Phi) is 7.17. The van der Waals surface area contributed by atoms with Gasteiger partial charge in [0.15, 0.2) is 0 Å². The van der Waals surface area contributed by atoms with Crippen LogP contribution in [0, 0.1) is 0 Å². The van der Waals surface area contributed by atoms with Crippen LogP contribution in [-0.4, -0.2) is 18.7 Å². The fraction of sp³-hybridized carbons (Fsp3) is 0.333. The molecule has 0 bridgehead atoms. The molecule has 0 rings (SSSR count). The number of phosphoric ester groups is 1. The summed E-state index contributed by atoms with van der Waals surface area (Å²) in [5.74, 6) is 0. The molecule has 0 aromatic carbocycles. The third kappa shape index (κ3) is 6.50. The zero-order chi connectivity index (χ0) is 13.5. The van der Waals surface area contributed by atoms with Crippen LogP contribution in [0.25, 0.3) is 0 Å². The molecule has 0 amide bonds. The molecule has 0 aliphatic heterocycles. The Bertz CT molecular complexity index is 276. The van der Waals surface area contributed by atoms with E-state index in [1.165, 1.54) is 18.2 Å². The fourth-order valence-electron chi connectivity index (χ4n) is 0.651. The van der Waals surface area contributed by atoms with E-state index in [1.54, 1.807) is 0 Å². The van der Waals surface area contributed by atoms with Gasteiger partial charge in [-0.05, 0) is 18.2 Å². The van der Waals surface area contributed by atoms with Crippen LogP contribution < -0.4 is 17.2 Å². The molecular formula is C9H18N3O4P. The van der Waals surface area contributed by atoms with Crippen molar-refractivity contribution in [3.8, 4) is 0 Å². The van der Waals surface area contributed by atoms with Gasteiger partial charge in [0.05, 0.1) is 0 Å². The molecule has 0 fully saturated rings. The van der Waals surface area contributed by atoms with E-state index >= 15 is 0 Å². The van der Waals surface area contributed by atoms with E-state index in [4.69, 9.17) is 30.8 Å². The van der Waals surface area contributed by atoms with E-state index < -0.39 is 26.5 Å². The van der Waals surface area contributed by atoms with Crippen LogP contribution in [0.1, 0.15) is 0 Å². The topological polar surface area (TPSA) is 123 Å². The van der Waals surface area contributed by atoms with E-state index in [0.29, 0.717) is 0 Å². The number of rotatable bonds is 9. The molecule has 8 heteroatoms. The molecule has 0 aromatic heterocycles. The highest BCUT2D eigenvalue weighted by molar-refractivity contribution is 7.48. The van der Waals surface area contributed by atoms with Crippen molar-refractivity contribution in [2.24, 2.45) is 17.2 Å². The minimum atomic E-state index is -4.03. The summed E-state index contributed by atoms with van der Waals surface area (Å²) in [6.07, 6.45) is 0.480. The van der Waals surface area contributed by atoms with Gasteiger partial charge < -0.3 is 17.2 Å². The Morgan fingerprint density at radius 2 is 1.06 bits per heavy atom. The largest absolute Gasteiger partial charge is 0.480 e. The van der Waals surface area contributed by atoms with Crippen LogP contribution in [0.15, 0.2) is 38.0 Å². The lowest BCUT2D eigenvalue weighted by Gasteiger charge is -2.23. The van der Waals surface area contributed by atoms with E-state index in [1.807, 2.05) is 0 Å². The standard InChI is InChI=1S/C9H18N3O4P/c1-4-7(10)14-17(13,15-8(11)5-2)16-9(12)6-3/h4-9H,1-3,10-12H2. The van der Waals surface area contributed by atoms with E-state index in [-0.39, 0.29) is 0 Å². The van der Waals surface area contributed by atoms with E-state index in [9.17, 15) is 4.57 Å². The van der Waals surface area contributed by atoms with Gasteiger partial charge >= 0.3 is 7.82 Å². The minimum Gasteiger partial charge on any atom is -0.302 e. The lowest BCUT2D eigenvalue weighted by molar-refractivity contribution is 0.0672. The Morgan fingerprint density at radius 3 is 1.24 bits per heavy atom. The summed E-state index contributed by atoms with van der Waals surface area (Å²) in [5, 5.41) is 0. The van der Waals surface area contributed by atoms with Gasteiger partial charge in [-0.3, -0.25) is 13.6 Å². The maximum Gasteiger partial charge on any atom is 0.480 e. The first kappa shape index (κ1) is 16.2. The van der Waals surface area contributed by atoms with Crippen molar-refractivity contribution in [2.45, 2.75) is 18.7 Å². The van der Waals surface area contributed by atoms with Crippen LogP contribution in [0.2, 0.25) is 0 Å². The van der Waals surface area contributed by atoms with Crippen molar-refractivity contribution in [3.05, 3.63) is 38.0 Å². The Balaban J connectivity index is 4.78. The molecule has 0 saturated carbocycles. The second-order valence-electron chi connectivity index (χ2n) is 2.86. The number of phosphoric acid groups is 1. The van der Waals surface area contributed by atoms with Gasteiger partial charge in [-0.2, -0.15) is 0 Å². The highest BCUT2D eigenvalue weighted by Crippen LogP contribution is 2.51. The lowest BCUT2D eigenvalue weighted by Crippen LogP contribution is -2.28. The predicted octanol–water partition coefficient (Wildman–Crippen LogP) is 0.557. The third-order valence-electron chi connectivity index (χ3n) is 1.45. The maximum absolute atomic E-state index is 12.1. The molecule has 0 aliphatic rings. The van der Waals surface area contributed by atoms with Crippen LogP contribution in [-0.2, 0) is 18.1 Å². The molecular weight excluding hydrogens is 245 g/mol. The Hall–Kier alpha value is -0.790. The summed E-state index contributed by atoms with van der Waals surface area (Å²) in [7, 11) is -4.03. The molecule has 0 saturated heterocycles. The molecule has 17 heavy (non-hydrogen) atoms. The maximum atomic E-state index is 12.1. The number of hydrogen-bond donors (Lipinski definition) is 3. The summed E-state index contributed by atoms with van der Waals surface area (Å²) in [5.41, 5.74) is 16.2.